The van der Waals surface area contributed by atoms with Gasteiger partial charge in [-0.15, -0.1) is 45.3 Å². The van der Waals surface area contributed by atoms with Gasteiger partial charge in [-0.3, -0.25) is 19.2 Å². The number of thiophene rings is 4. The fourth-order valence-corrected chi connectivity index (χ4v) is 8.35. The first kappa shape index (κ1) is 27.2. The molecule has 0 spiro atoms. The molecule has 41 heavy (non-hydrogen) atoms. The van der Waals surface area contributed by atoms with E-state index >= 15 is 0 Å². The van der Waals surface area contributed by atoms with Gasteiger partial charge in [0.2, 0.25) is 0 Å². The van der Waals surface area contributed by atoms with Crippen LogP contribution in [0.25, 0.3) is 19.5 Å². The van der Waals surface area contributed by atoms with Crippen LogP contribution in [-0.2, 0) is 16.2 Å². The molecule has 1 aromatic carbocycles. The van der Waals surface area contributed by atoms with Crippen molar-refractivity contribution in [1.82, 2.24) is 9.55 Å². The van der Waals surface area contributed by atoms with Crippen molar-refractivity contribution in [2.24, 2.45) is 0 Å². The van der Waals surface area contributed by atoms with E-state index in [2.05, 4.69) is 64.3 Å². The minimum absolute atomic E-state index is 0.0272. The molecular formula is C30H22N2O5S4. The van der Waals surface area contributed by atoms with Crippen molar-refractivity contribution in [2.75, 3.05) is 0 Å². The number of aryl methyl sites for hydroxylation is 1. The molecule has 0 fully saturated rings. The maximum Gasteiger partial charge on any atom is 0.375 e. The average molecular weight is 619 g/mol. The van der Waals surface area contributed by atoms with Crippen LogP contribution in [0, 0.1) is 6.92 Å². The molecule has 6 rings (SSSR count). The van der Waals surface area contributed by atoms with Gasteiger partial charge in [-0.1, -0.05) is 24.3 Å². The lowest BCUT2D eigenvalue weighted by atomic mass is 9.95. The summed E-state index contributed by atoms with van der Waals surface area (Å²) in [6, 6.07) is 24.6. The lowest BCUT2D eigenvalue weighted by molar-refractivity contribution is -0.214. The van der Waals surface area contributed by atoms with Crippen molar-refractivity contribution < 1.29 is 14.6 Å². The molecule has 0 radical (unpaired) electrons. The van der Waals surface area contributed by atoms with Crippen molar-refractivity contribution in [3.8, 4) is 25.3 Å². The van der Waals surface area contributed by atoms with E-state index in [1.54, 1.807) is 64.4 Å². The molecule has 11 heteroatoms. The highest BCUT2D eigenvalue weighted by Crippen LogP contribution is 2.44. The Bertz CT molecular complexity index is 1820. The van der Waals surface area contributed by atoms with Crippen LogP contribution in [0.1, 0.15) is 26.8 Å². The van der Waals surface area contributed by atoms with Gasteiger partial charge >= 0.3 is 11.7 Å². The van der Waals surface area contributed by atoms with Crippen molar-refractivity contribution in [2.45, 2.75) is 19.4 Å². The molecule has 0 aliphatic rings. The monoisotopic (exact) mass is 618 g/mol. The minimum Gasteiger partial charge on any atom is -0.289 e. The van der Waals surface area contributed by atoms with Gasteiger partial charge in [-0.05, 0) is 71.8 Å². The molecule has 1 N–H and O–H groups in total. The normalized spacial score (nSPS) is 11.2. The van der Waals surface area contributed by atoms with Gasteiger partial charge in [0.1, 0.15) is 6.54 Å². The maximum absolute atomic E-state index is 12.3. The second-order valence-corrected chi connectivity index (χ2v) is 13.2. The van der Waals surface area contributed by atoms with Gasteiger partial charge < -0.3 is 0 Å². The molecule has 0 unspecified atom stereocenters. The van der Waals surface area contributed by atoms with Crippen LogP contribution in [0.2, 0.25) is 0 Å². The Morgan fingerprint density at radius 1 is 0.829 bits per heavy atom. The molecule has 0 bridgehead atoms. The van der Waals surface area contributed by atoms with E-state index in [9.17, 15) is 14.4 Å². The fourth-order valence-electron chi connectivity index (χ4n) is 4.30. The van der Waals surface area contributed by atoms with Gasteiger partial charge in [-0.2, -0.15) is 0 Å². The highest BCUT2D eigenvalue weighted by Gasteiger charge is 2.22. The van der Waals surface area contributed by atoms with E-state index in [0.717, 1.165) is 10.1 Å². The Balaban J connectivity index is 1.22. The molecule has 0 aliphatic heterocycles. The first-order chi connectivity index (χ1) is 19.9. The molecule has 0 aliphatic carbocycles. The summed E-state index contributed by atoms with van der Waals surface area (Å²) in [7, 11) is 0. The summed E-state index contributed by atoms with van der Waals surface area (Å²) in [5.41, 5.74) is 0.201. The standard InChI is InChI=1S/C30H22N2O5S4/c1-18-16-32(30(35)31-29(18)34)17-27(33)37-36-20-8-6-19(7-9-20)28(25-12-10-23(40-25)21-4-2-14-38-21)26-13-11-24(41-26)22-5-3-15-39-22/h2-16,28H,17H2,1H3,(H,31,34,35). The number of hydrogen-bond acceptors (Lipinski definition) is 9. The van der Waals surface area contributed by atoms with Crippen LogP contribution in [-0.4, -0.2) is 15.5 Å². The Morgan fingerprint density at radius 3 is 2.00 bits per heavy atom. The zero-order valence-electron chi connectivity index (χ0n) is 21.6. The Labute approximate surface area is 250 Å². The summed E-state index contributed by atoms with van der Waals surface area (Å²) in [6.45, 7) is 1.15. The number of hydrogen-bond donors (Lipinski definition) is 1. The topological polar surface area (TPSA) is 90.4 Å². The van der Waals surface area contributed by atoms with Gasteiger partial charge in [-0.25, -0.2) is 14.5 Å². The van der Waals surface area contributed by atoms with Gasteiger partial charge in [0.15, 0.2) is 5.75 Å². The van der Waals surface area contributed by atoms with E-state index in [1.165, 1.54) is 35.5 Å². The van der Waals surface area contributed by atoms with E-state index in [-0.39, 0.29) is 5.92 Å². The highest BCUT2D eigenvalue weighted by molar-refractivity contribution is 7.22. The number of aromatic amines is 1. The van der Waals surface area contributed by atoms with E-state index in [0.29, 0.717) is 11.3 Å². The highest BCUT2D eigenvalue weighted by atomic mass is 32.1. The van der Waals surface area contributed by atoms with E-state index in [4.69, 9.17) is 9.78 Å². The maximum atomic E-state index is 12.3. The number of rotatable bonds is 9. The number of carbonyl (C=O) groups excluding carboxylic acids is 1. The van der Waals surface area contributed by atoms with E-state index in [1.807, 2.05) is 12.1 Å². The second kappa shape index (κ2) is 11.8. The van der Waals surface area contributed by atoms with Crippen molar-refractivity contribution in [3.63, 3.8) is 0 Å². The third-order valence-corrected chi connectivity index (χ3v) is 10.7. The predicted molar refractivity (Wildman–Crippen MR) is 165 cm³/mol. The molecule has 0 saturated heterocycles. The smallest absolute Gasteiger partial charge is 0.289 e. The van der Waals surface area contributed by atoms with Crippen LogP contribution in [0.4, 0.5) is 0 Å². The van der Waals surface area contributed by atoms with Crippen LogP contribution in [0.3, 0.4) is 0 Å². The molecular weight excluding hydrogens is 597 g/mol. The second-order valence-electron chi connectivity index (χ2n) is 9.10. The van der Waals surface area contributed by atoms with Crippen molar-refractivity contribution in [3.05, 3.63) is 131 Å². The Morgan fingerprint density at radius 2 is 1.44 bits per heavy atom. The van der Waals surface area contributed by atoms with Gasteiger partial charge in [0.25, 0.3) is 5.56 Å². The lowest BCUT2D eigenvalue weighted by Crippen LogP contribution is -2.33. The van der Waals surface area contributed by atoms with Crippen molar-refractivity contribution >= 4 is 51.3 Å². The number of benzene rings is 1. The van der Waals surface area contributed by atoms with E-state index < -0.39 is 23.8 Å². The Hall–Kier alpha value is -4.03. The van der Waals surface area contributed by atoms with Crippen molar-refractivity contribution in [1.29, 1.82) is 0 Å². The number of aromatic nitrogens is 2. The van der Waals surface area contributed by atoms with Crippen LogP contribution in [0.15, 0.2) is 99.3 Å². The van der Waals surface area contributed by atoms with Crippen LogP contribution < -0.4 is 16.1 Å². The molecule has 0 atom stereocenters. The first-order valence-corrected chi connectivity index (χ1v) is 15.9. The summed E-state index contributed by atoms with van der Waals surface area (Å²) >= 11 is 7.03. The summed E-state index contributed by atoms with van der Waals surface area (Å²) < 4.78 is 1.06. The lowest BCUT2D eigenvalue weighted by Gasteiger charge is -2.15. The predicted octanol–water partition coefficient (Wildman–Crippen LogP) is 7.14. The number of H-pyrrole nitrogens is 1. The zero-order chi connectivity index (χ0) is 28.3. The number of carbonyl (C=O) groups is 1. The summed E-state index contributed by atoms with van der Waals surface area (Å²) in [5.74, 6) is -0.402. The van der Waals surface area contributed by atoms with Crippen LogP contribution in [0.5, 0.6) is 5.75 Å². The third kappa shape index (κ3) is 6.03. The van der Waals surface area contributed by atoms with Gasteiger partial charge in [0, 0.05) is 41.0 Å². The van der Waals surface area contributed by atoms with Gasteiger partial charge in [0.05, 0.1) is 5.92 Å². The summed E-state index contributed by atoms with van der Waals surface area (Å²) in [4.78, 5) is 55.5. The SMILES string of the molecule is Cc1cn(CC(=O)OOc2ccc(C(c3ccc(-c4cccs4)s3)c3ccc(-c4cccs4)s3)cc2)c(=O)[nH]c1=O. The summed E-state index contributed by atoms with van der Waals surface area (Å²) in [6.07, 6.45) is 1.31. The zero-order valence-corrected chi connectivity index (χ0v) is 24.8. The number of nitrogens with zero attached hydrogens (tertiary/aromatic N) is 1. The number of nitrogens with one attached hydrogen (secondary N) is 1. The quantitative estimate of drug-likeness (QED) is 0.137. The molecule has 5 heterocycles. The Kier molecular flexibility index (Phi) is 7.84. The molecule has 5 aromatic heterocycles. The molecule has 0 saturated carbocycles. The third-order valence-electron chi connectivity index (χ3n) is 6.28. The molecule has 0 amide bonds. The molecule has 206 valence electrons. The van der Waals surface area contributed by atoms with Crippen LogP contribution >= 0.6 is 45.3 Å². The average Bonchev–Trinajstić information content (AvgIpc) is 3.79. The first-order valence-electron chi connectivity index (χ1n) is 12.5. The molecule has 6 aromatic rings. The largest absolute Gasteiger partial charge is 0.375 e. The summed E-state index contributed by atoms with van der Waals surface area (Å²) in [5, 5.41) is 4.18. The minimum atomic E-state index is -0.778. The molecule has 7 nitrogen and oxygen atoms in total. The fraction of sp³-hybridized carbons (Fsp3) is 0.100.